The Hall–Kier alpha value is -2.96. The molecule has 0 saturated carbocycles. The second-order valence-corrected chi connectivity index (χ2v) is 6.12. The molecule has 1 aliphatic rings. The van der Waals surface area contributed by atoms with Crippen LogP contribution >= 0.6 is 0 Å². The minimum atomic E-state index is -0.738. The van der Waals surface area contributed by atoms with Crippen molar-refractivity contribution >= 4 is 29.0 Å². The summed E-state index contributed by atoms with van der Waals surface area (Å²) in [6, 6.07) is 7.01. The van der Waals surface area contributed by atoms with Gasteiger partial charge in [-0.2, -0.15) is 5.10 Å². The molecule has 1 aliphatic heterocycles. The summed E-state index contributed by atoms with van der Waals surface area (Å²) in [4.78, 5) is 38.7. The SMILES string of the molecule is Cc1nn(C)c(C)c1C(=O)C(=O)Nc1ccccc1N1CCCC1=O. The van der Waals surface area contributed by atoms with E-state index in [1.807, 2.05) is 0 Å². The summed E-state index contributed by atoms with van der Waals surface area (Å²) in [6.07, 6.45) is 1.28. The highest BCUT2D eigenvalue weighted by molar-refractivity contribution is 6.47. The van der Waals surface area contributed by atoms with E-state index in [9.17, 15) is 14.4 Å². The van der Waals surface area contributed by atoms with Gasteiger partial charge in [0.25, 0.3) is 11.7 Å². The molecule has 0 unspecified atom stereocenters. The maximum atomic E-state index is 12.6. The number of aryl methyl sites for hydroxylation is 2. The van der Waals surface area contributed by atoms with Crippen LogP contribution in [0.4, 0.5) is 11.4 Å². The van der Waals surface area contributed by atoms with Crippen LogP contribution in [0.25, 0.3) is 0 Å². The molecule has 2 aromatic rings. The lowest BCUT2D eigenvalue weighted by Crippen LogP contribution is -2.28. The van der Waals surface area contributed by atoms with Crippen LogP contribution in [0.15, 0.2) is 24.3 Å². The van der Waals surface area contributed by atoms with Crippen molar-refractivity contribution in [1.29, 1.82) is 0 Å². The molecule has 0 aliphatic carbocycles. The summed E-state index contributed by atoms with van der Waals surface area (Å²) < 4.78 is 1.58. The molecule has 2 heterocycles. The van der Waals surface area contributed by atoms with Gasteiger partial charge in [0.1, 0.15) is 0 Å². The van der Waals surface area contributed by atoms with E-state index in [1.165, 1.54) is 0 Å². The first-order valence-electron chi connectivity index (χ1n) is 8.15. The fourth-order valence-corrected chi connectivity index (χ4v) is 3.11. The third-order valence-corrected chi connectivity index (χ3v) is 4.46. The number of carbonyl (C=O) groups is 3. The van der Waals surface area contributed by atoms with Crippen molar-refractivity contribution < 1.29 is 14.4 Å². The molecular formula is C18H20N4O3. The van der Waals surface area contributed by atoms with E-state index >= 15 is 0 Å². The smallest absolute Gasteiger partial charge is 0.296 e. The number of aromatic nitrogens is 2. The summed E-state index contributed by atoms with van der Waals surface area (Å²) in [5, 5.41) is 6.83. The summed E-state index contributed by atoms with van der Waals surface area (Å²) >= 11 is 0. The minimum absolute atomic E-state index is 0.0203. The molecule has 0 radical (unpaired) electrons. The fourth-order valence-electron chi connectivity index (χ4n) is 3.11. The predicted molar refractivity (Wildman–Crippen MR) is 93.7 cm³/mol. The number of anilines is 2. The zero-order chi connectivity index (χ0) is 18.1. The van der Waals surface area contributed by atoms with Crippen LogP contribution in [0.5, 0.6) is 0 Å². The molecular weight excluding hydrogens is 320 g/mol. The first-order chi connectivity index (χ1) is 11.9. The highest BCUT2D eigenvalue weighted by Crippen LogP contribution is 2.29. The Morgan fingerprint density at radius 3 is 2.52 bits per heavy atom. The average molecular weight is 340 g/mol. The third kappa shape index (κ3) is 3.05. The summed E-state index contributed by atoms with van der Waals surface area (Å²) in [7, 11) is 1.73. The molecule has 1 saturated heterocycles. The molecule has 2 amide bonds. The normalized spacial score (nSPS) is 14.0. The Balaban J connectivity index is 1.86. The Morgan fingerprint density at radius 2 is 1.92 bits per heavy atom. The zero-order valence-electron chi connectivity index (χ0n) is 14.5. The fraction of sp³-hybridized carbons (Fsp3) is 0.333. The topological polar surface area (TPSA) is 84.3 Å². The first kappa shape index (κ1) is 16.9. The number of benzene rings is 1. The van der Waals surface area contributed by atoms with Crippen LogP contribution in [-0.4, -0.2) is 33.9 Å². The molecule has 0 bridgehead atoms. The second kappa shape index (κ2) is 6.51. The maximum Gasteiger partial charge on any atom is 0.296 e. The molecule has 1 aromatic heterocycles. The molecule has 7 heteroatoms. The van der Waals surface area contributed by atoms with Gasteiger partial charge in [-0.1, -0.05) is 12.1 Å². The number of carbonyl (C=O) groups excluding carboxylic acids is 3. The van der Waals surface area contributed by atoms with Crippen LogP contribution < -0.4 is 10.2 Å². The monoisotopic (exact) mass is 340 g/mol. The lowest BCUT2D eigenvalue weighted by atomic mass is 10.1. The van der Waals surface area contributed by atoms with Gasteiger partial charge in [-0.15, -0.1) is 0 Å². The Morgan fingerprint density at radius 1 is 1.20 bits per heavy atom. The van der Waals surface area contributed by atoms with Gasteiger partial charge >= 0.3 is 0 Å². The summed E-state index contributed by atoms with van der Waals surface area (Å²) in [5.74, 6) is -1.35. The van der Waals surface area contributed by atoms with Gasteiger partial charge < -0.3 is 10.2 Å². The predicted octanol–water partition coefficient (Wildman–Crippen LogP) is 1.99. The zero-order valence-corrected chi connectivity index (χ0v) is 14.5. The minimum Gasteiger partial charge on any atom is -0.317 e. The van der Waals surface area contributed by atoms with E-state index in [-0.39, 0.29) is 5.91 Å². The Bertz CT molecular complexity index is 869. The molecule has 130 valence electrons. The number of nitrogens with zero attached hydrogens (tertiary/aromatic N) is 3. The molecule has 1 fully saturated rings. The second-order valence-electron chi connectivity index (χ2n) is 6.12. The van der Waals surface area contributed by atoms with Gasteiger partial charge in [0.05, 0.1) is 22.6 Å². The van der Waals surface area contributed by atoms with Gasteiger partial charge in [-0.05, 0) is 32.4 Å². The van der Waals surface area contributed by atoms with Crippen LogP contribution in [0.1, 0.15) is 34.6 Å². The number of nitrogens with one attached hydrogen (secondary N) is 1. The van der Waals surface area contributed by atoms with Crippen molar-refractivity contribution in [2.24, 2.45) is 7.05 Å². The van der Waals surface area contributed by atoms with Crippen LogP contribution in [0.3, 0.4) is 0 Å². The highest BCUT2D eigenvalue weighted by atomic mass is 16.2. The van der Waals surface area contributed by atoms with E-state index in [2.05, 4.69) is 10.4 Å². The van der Waals surface area contributed by atoms with Crippen molar-refractivity contribution in [2.75, 3.05) is 16.8 Å². The van der Waals surface area contributed by atoms with Crippen LogP contribution in [0.2, 0.25) is 0 Å². The van der Waals surface area contributed by atoms with Gasteiger partial charge in [0.2, 0.25) is 5.91 Å². The number of hydrogen-bond donors (Lipinski definition) is 1. The van der Waals surface area contributed by atoms with Crippen molar-refractivity contribution in [3.8, 4) is 0 Å². The summed E-state index contributed by atoms with van der Waals surface area (Å²) in [5.41, 5.74) is 2.54. The molecule has 3 rings (SSSR count). The number of para-hydroxylation sites is 2. The van der Waals surface area contributed by atoms with Gasteiger partial charge in [-0.3, -0.25) is 19.1 Å². The van der Waals surface area contributed by atoms with E-state index in [0.29, 0.717) is 41.3 Å². The Labute approximate surface area is 145 Å². The van der Waals surface area contributed by atoms with Crippen molar-refractivity contribution in [3.63, 3.8) is 0 Å². The number of ketones is 1. The number of rotatable bonds is 4. The average Bonchev–Trinajstić information content (AvgIpc) is 3.11. The standard InChI is InChI=1S/C18H20N4O3/c1-11-16(12(2)21(3)20-11)17(24)18(25)19-13-7-4-5-8-14(13)22-10-6-9-15(22)23/h4-5,7-8H,6,9-10H2,1-3H3,(H,19,25). The van der Waals surface area contributed by atoms with Gasteiger partial charge in [-0.25, -0.2) is 0 Å². The molecule has 0 spiro atoms. The first-order valence-corrected chi connectivity index (χ1v) is 8.15. The van der Waals surface area contributed by atoms with E-state index in [4.69, 9.17) is 0 Å². The molecule has 0 atom stereocenters. The van der Waals surface area contributed by atoms with Gasteiger partial charge in [0, 0.05) is 25.7 Å². The third-order valence-electron chi connectivity index (χ3n) is 4.46. The largest absolute Gasteiger partial charge is 0.317 e. The number of hydrogen-bond acceptors (Lipinski definition) is 4. The molecule has 1 aromatic carbocycles. The van der Waals surface area contributed by atoms with Crippen molar-refractivity contribution in [2.45, 2.75) is 26.7 Å². The number of Topliss-reactive ketones (excluding diaryl/α,β-unsaturated/α-hetero) is 1. The molecule has 1 N–H and O–H groups in total. The van der Waals surface area contributed by atoms with Crippen LogP contribution in [-0.2, 0) is 16.6 Å². The van der Waals surface area contributed by atoms with E-state index in [1.54, 1.807) is 54.7 Å². The maximum absolute atomic E-state index is 12.6. The number of amides is 2. The van der Waals surface area contributed by atoms with Crippen LogP contribution in [0, 0.1) is 13.8 Å². The van der Waals surface area contributed by atoms with E-state index < -0.39 is 11.7 Å². The van der Waals surface area contributed by atoms with E-state index in [0.717, 1.165) is 6.42 Å². The molecule has 25 heavy (non-hydrogen) atoms. The lowest BCUT2D eigenvalue weighted by molar-refractivity contribution is -0.117. The van der Waals surface area contributed by atoms with Crippen molar-refractivity contribution in [1.82, 2.24) is 9.78 Å². The highest BCUT2D eigenvalue weighted by Gasteiger charge is 2.27. The molecule has 7 nitrogen and oxygen atoms in total. The van der Waals surface area contributed by atoms with Crippen molar-refractivity contribution in [3.05, 3.63) is 41.2 Å². The Kier molecular flexibility index (Phi) is 4.39. The quantitative estimate of drug-likeness (QED) is 0.681. The summed E-state index contributed by atoms with van der Waals surface area (Å²) in [6.45, 7) is 4.06. The van der Waals surface area contributed by atoms with Gasteiger partial charge in [0.15, 0.2) is 0 Å². The lowest BCUT2D eigenvalue weighted by Gasteiger charge is -2.19.